The summed E-state index contributed by atoms with van der Waals surface area (Å²) in [4.78, 5) is 25.4. The maximum atomic E-state index is 12.2. The number of hydrogen-bond donors (Lipinski definition) is 1. The van der Waals surface area contributed by atoms with Crippen LogP contribution in [-0.2, 0) is 9.59 Å². The molecule has 1 aliphatic rings. The zero-order valence-corrected chi connectivity index (χ0v) is 12.4. The second-order valence-corrected chi connectivity index (χ2v) is 5.13. The minimum atomic E-state index is -0.448. The van der Waals surface area contributed by atoms with Crippen LogP contribution in [0.4, 0.5) is 5.69 Å². The molecule has 0 aliphatic carbocycles. The van der Waals surface area contributed by atoms with Crippen molar-refractivity contribution in [3.63, 3.8) is 0 Å². The molecule has 1 fully saturated rings. The van der Waals surface area contributed by atoms with Crippen molar-refractivity contribution in [2.45, 2.75) is 19.4 Å². The largest absolute Gasteiger partial charge is 0.495 e. The molecule has 1 aromatic carbocycles. The van der Waals surface area contributed by atoms with Gasteiger partial charge in [0, 0.05) is 11.8 Å². The van der Waals surface area contributed by atoms with Gasteiger partial charge in [0.05, 0.1) is 11.6 Å². The van der Waals surface area contributed by atoms with E-state index in [-0.39, 0.29) is 18.4 Å². The normalized spacial score (nSPS) is 19.3. The molecule has 102 valence electrons. The van der Waals surface area contributed by atoms with Gasteiger partial charge in [-0.3, -0.25) is 9.59 Å². The summed E-state index contributed by atoms with van der Waals surface area (Å²) in [6, 6.07) is 4.88. The van der Waals surface area contributed by atoms with Crippen molar-refractivity contribution in [3.8, 4) is 5.75 Å². The third-order valence-corrected chi connectivity index (χ3v) is 3.71. The Labute approximate surface area is 120 Å². The summed E-state index contributed by atoms with van der Waals surface area (Å²) in [5.41, 5.74) is 0.665. The fourth-order valence-electron chi connectivity index (χ4n) is 2.02. The van der Waals surface area contributed by atoms with E-state index in [9.17, 15) is 9.59 Å². The Bertz CT molecular complexity index is 519. The SMILES string of the molecule is CCC1NC(=O)CN(c2ccc(Br)c(OC)c2)C1=O. The van der Waals surface area contributed by atoms with Crippen LogP contribution in [0.2, 0.25) is 0 Å². The minimum absolute atomic E-state index is 0.0418. The number of ether oxygens (including phenoxy) is 1. The third-order valence-electron chi connectivity index (χ3n) is 3.06. The van der Waals surface area contributed by atoms with E-state index in [1.807, 2.05) is 6.92 Å². The van der Waals surface area contributed by atoms with Gasteiger partial charge >= 0.3 is 0 Å². The molecule has 1 unspecified atom stereocenters. The first-order valence-corrected chi connectivity index (χ1v) is 6.80. The van der Waals surface area contributed by atoms with E-state index in [2.05, 4.69) is 21.2 Å². The molecule has 1 saturated heterocycles. The molecular weight excluding hydrogens is 312 g/mol. The van der Waals surface area contributed by atoms with Crippen molar-refractivity contribution in [2.75, 3.05) is 18.6 Å². The number of nitrogens with zero attached hydrogens (tertiary/aromatic N) is 1. The lowest BCUT2D eigenvalue weighted by atomic mass is 10.1. The molecule has 1 aliphatic heterocycles. The zero-order valence-electron chi connectivity index (χ0n) is 10.8. The second kappa shape index (κ2) is 5.61. The molecular formula is C13H15BrN2O3. The topological polar surface area (TPSA) is 58.6 Å². The molecule has 1 N–H and O–H groups in total. The van der Waals surface area contributed by atoms with Gasteiger partial charge < -0.3 is 15.0 Å². The summed E-state index contributed by atoms with van der Waals surface area (Å²) < 4.78 is 6.01. The first kappa shape index (κ1) is 13.9. The predicted molar refractivity (Wildman–Crippen MR) is 75.3 cm³/mol. The molecule has 1 aromatic rings. The maximum Gasteiger partial charge on any atom is 0.250 e. The number of halogens is 1. The molecule has 2 rings (SSSR count). The van der Waals surface area contributed by atoms with Gasteiger partial charge in [-0.1, -0.05) is 6.92 Å². The number of benzene rings is 1. The lowest BCUT2D eigenvalue weighted by molar-refractivity contribution is -0.131. The van der Waals surface area contributed by atoms with E-state index in [1.165, 1.54) is 4.90 Å². The predicted octanol–water partition coefficient (Wildman–Crippen LogP) is 1.70. The Kier molecular flexibility index (Phi) is 4.09. The van der Waals surface area contributed by atoms with E-state index in [1.54, 1.807) is 25.3 Å². The van der Waals surface area contributed by atoms with Gasteiger partial charge in [0.15, 0.2) is 0 Å². The van der Waals surface area contributed by atoms with Gasteiger partial charge in [0.2, 0.25) is 11.8 Å². The summed E-state index contributed by atoms with van der Waals surface area (Å²) >= 11 is 3.36. The highest BCUT2D eigenvalue weighted by molar-refractivity contribution is 9.10. The van der Waals surface area contributed by atoms with Gasteiger partial charge in [-0.05, 0) is 34.5 Å². The Morgan fingerprint density at radius 3 is 2.84 bits per heavy atom. The molecule has 0 spiro atoms. The summed E-state index contributed by atoms with van der Waals surface area (Å²) in [7, 11) is 1.56. The van der Waals surface area contributed by atoms with Gasteiger partial charge in [0.1, 0.15) is 18.3 Å². The molecule has 1 atom stereocenters. The van der Waals surface area contributed by atoms with Crippen LogP contribution in [0.3, 0.4) is 0 Å². The molecule has 2 amide bonds. The van der Waals surface area contributed by atoms with Crippen LogP contribution in [0.5, 0.6) is 5.75 Å². The number of amides is 2. The molecule has 0 radical (unpaired) electrons. The lowest BCUT2D eigenvalue weighted by Gasteiger charge is -2.32. The van der Waals surface area contributed by atoms with Crippen molar-refractivity contribution in [3.05, 3.63) is 22.7 Å². The van der Waals surface area contributed by atoms with Crippen molar-refractivity contribution >= 4 is 33.4 Å². The van der Waals surface area contributed by atoms with Crippen LogP contribution in [0.15, 0.2) is 22.7 Å². The monoisotopic (exact) mass is 326 g/mol. The summed E-state index contributed by atoms with van der Waals surface area (Å²) in [5, 5.41) is 2.68. The van der Waals surface area contributed by atoms with Crippen LogP contribution in [0.25, 0.3) is 0 Å². The number of nitrogens with one attached hydrogen (secondary N) is 1. The number of rotatable bonds is 3. The highest BCUT2D eigenvalue weighted by Gasteiger charge is 2.32. The average Bonchev–Trinajstić information content (AvgIpc) is 2.41. The number of carbonyl (C=O) groups excluding carboxylic acids is 2. The summed E-state index contributed by atoms with van der Waals surface area (Å²) in [6.45, 7) is 1.91. The van der Waals surface area contributed by atoms with Crippen LogP contribution in [0.1, 0.15) is 13.3 Å². The first-order valence-electron chi connectivity index (χ1n) is 6.01. The molecule has 0 aromatic heterocycles. The van der Waals surface area contributed by atoms with Gasteiger partial charge in [0.25, 0.3) is 0 Å². The van der Waals surface area contributed by atoms with Gasteiger partial charge in [-0.25, -0.2) is 0 Å². The average molecular weight is 327 g/mol. The zero-order chi connectivity index (χ0) is 14.0. The van der Waals surface area contributed by atoms with Crippen molar-refractivity contribution in [2.24, 2.45) is 0 Å². The minimum Gasteiger partial charge on any atom is -0.495 e. The molecule has 0 saturated carbocycles. The smallest absolute Gasteiger partial charge is 0.250 e. The quantitative estimate of drug-likeness (QED) is 0.919. The molecule has 0 bridgehead atoms. The highest BCUT2D eigenvalue weighted by Crippen LogP contribution is 2.30. The van der Waals surface area contributed by atoms with E-state index < -0.39 is 6.04 Å². The maximum absolute atomic E-state index is 12.2. The standard InChI is InChI=1S/C13H15BrN2O3/c1-3-10-13(18)16(7-12(17)15-10)8-4-5-9(14)11(6-8)19-2/h4-6,10H,3,7H2,1-2H3,(H,15,17). The number of piperazine rings is 1. The van der Waals surface area contributed by atoms with Crippen LogP contribution < -0.4 is 15.0 Å². The van der Waals surface area contributed by atoms with Crippen LogP contribution >= 0.6 is 15.9 Å². The summed E-state index contributed by atoms with van der Waals surface area (Å²) in [5.74, 6) is 0.393. The van der Waals surface area contributed by atoms with E-state index >= 15 is 0 Å². The Hall–Kier alpha value is -1.56. The van der Waals surface area contributed by atoms with Crippen LogP contribution in [-0.4, -0.2) is 31.5 Å². The molecule has 19 heavy (non-hydrogen) atoms. The van der Waals surface area contributed by atoms with Crippen molar-refractivity contribution in [1.82, 2.24) is 5.32 Å². The fraction of sp³-hybridized carbons (Fsp3) is 0.385. The molecule has 5 nitrogen and oxygen atoms in total. The summed E-state index contributed by atoms with van der Waals surface area (Å²) in [6.07, 6.45) is 0.578. The first-order chi connectivity index (χ1) is 9.06. The van der Waals surface area contributed by atoms with E-state index in [4.69, 9.17) is 4.74 Å². The second-order valence-electron chi connectivity index (χ2n) is 4.27. The fourth-order valence-corrected chi connectivity index (χ4v) is 2.43. The Morgan fingerprint density at radius 1 is 1.47 bits per heavy atom. The van der Waals surface area contributed by atoms with E-state index in [0.717, 1.165) is 4.47 Å². The molecule has 1 heterocycles. The lowest BCUT2D eigenvalue weighted by Crippen LogP contribution is -2.58. The number of anilines is 1. The van der Waals surface area contributed by atoms with Gasteiger partial charge in [-0.15, -0.1) is 0 Å². The highest BCUT2D eigenvalue weighted by atomic mass is 79.9. The number of methoxy groups -OCH3 is 1. The van der Waals surface area contributed by atoms with Crippen molar-refractivity contribution < 1.29 is 14.3 Å². The van der Waals surface area contributed by atoms with Crippen molar-refractivity contribution in [1.29, 1.82) is 0 Å². The third kappa shape index (κ3) is 2.73. The number of carbonyl (C=O) groups is 2. The van der Waals surface area contributed by atoms with Crippen LogP contribution in [0, 0.1) is 0 Å². The van der Waals surface area contributed by atoms with E-state index in [0.29, 0.717) is 17.9 Å². The Balaban J connectivity index is 2.34. The Morgan fingerprint density at radius 2 is 2.21 bits per heavy atom. The molecule has 6 heteroatoms. The van der Waals surface area contributed by atoms with Gasteiger partial charge in [-0.2, -0.15) is 0 Å². The number of hydrogen-bond acceptors (Lipinski definition) is 3.